The van der Waals surface area contributed by atoms with Gasteiger partial charge in [-0.15, -0.1) is 0 Å². The van der Waals surface area contributed by atoms with Crippen LogP contribution in [0.3, 0.4) is 0 Å². The smallest absolute Gasteiger partial charge is 0.201 e. The maximum atomic E-state index is 13.2. The zero-order valence-corrected chi connectivity index (χ0v) is 7.51. The fraction of sp³-hybridized carbons (Fsp3) is 0.300. The van der Waals surface area contributed by atoms with Crippen LogP contribution in [0.15, 0.2) is 12.1 Å². The van der Waals surface area contributed by atoms with Crippen LogP contribution in [-0.4, -0.2) is 11.9 Å². The van der Waals surface area contributed by atoms with E-state index < -0.39 is 17.7 Å². The lowest BCUT2D eigenvalue weighted by Crippen LogP contribution is -2.25. The Morgan fingerprint density at radius 1 is 1.43 bits per heavy atom. The number of ketones is 1. The van der Waals surface area contributed by atoms with E-state index in [1.54, 1.807) is 6.92 Å². The van der Waals surface area contributed by atoms with Gasteiger partial charge in [-0.25, -0.2) is 4.39 Å². The van der Waals surface area contributed by atoms with E-state index in [2.05, 4.69) is 0 Å². The number of rotatable bonds is 0. The number of carbonyl (C=O) groups excluding carboxylic acids is 1. The quantitative estimate of drug-likeness (QED) is 0.639. The summed E-state index contributed by atoms with van der Waals surface area (Å²) in [5.74, 6) is -2.54. The van der Waals surface area contributed by atoms with Crippen molar-refractivity contribution in [3.8, 4) is 5.75 Å². The van der Waals surface area contributed by atoms with E-state index in [4.69, 9.17) is 4.74 Å². The first-order chi connectivity index (χ1) is 6.59. The first-order valence-electron chi connectivity index (χ1n) is 4.27. The van der Waals surface area contributed by atoms with Crippen LogP contribution in [0.2, 0.25) is 0 Å². The summed E-state index contributed by atoms with van der Waals surface area (Å²) in [6.45, 7) is 1.64. The molecule has 1 unspecified atom stereocenters. The van der Waals surface area contributed by atoms with E-state index in [0.29, 0.717) is 0 Å². The molecule has 1 aliphatic heterocycles. The molecule has 1 aromatic carbocycles. The molecule has 1 aliphatic rings. The third kappa shape index (κ3) is 1.27. The van der Waals surface area contributed by atoms with Crippen molar-refractivity contribution >= 4 is 5.78 Å². The second-order valence-corrected chi connectivity index (χ2v) is 3.29. The molecule has 0 N–H and O–H groups in total. The lowest BCUT2D eigenvalue weighted by atomic mass is 10.0. The average molecular weight is 198 g/mol. The maximum Gasteiger partial charge on any atom is 0.201 e. The predicted octanol–water partition coefficient (Wildman–Crippen LogP) is 2.32. The van der Waals surface area contributed by atoms with Gasteiger partial charge in [-0.05, 0) is 19.1 Å². The Balaban J connectivity index is 2.59. The second kappa shape index (κ2) is 3.04. The van der Waals surface area contributed by atoms with Crippen molar-refractivity contribution in [1.29, 1.82) is 0 Å². The largest absolute Gasteiger partial charge is 0.486 e. The molecule has 0 aliphatic carbocycles. The van der Waals surface area contributed by atoms with Crippen LogP contribution in [0, 0.1) is 11.6 Å². The van der Waals surface area contributed by atoms with E-state index >= 15 is 0 Å². The van der Waals surface area contributed by atoms with Gasteiger partial charge in [0.25, 0.3) is 0 Å². The highest BCUT2D eigenvalue weighted by molar-refractivity contribution is 5.99. The standard InChI is InChI=1S/C10H8F2O2/c1-5-4-8(13)6-2-3-7(11)9(12)10(6)14-5/h2-3,5H,4H2,1H3. The number of fused-ring (bicyclic) bond motifs is 1. The van der Waals surface area contributed by atoms with Gasteiger partial charge in [0.1, 0.15) is 6.10 Å². The van der Waals surface area contributed by atoms with Gasteiger partial charge in [-0.3, -0.25) is 4.79 Å². The monoisotopic (exact) mass is 198 g/mol. The molecule has 0 amide bonds. The zero-order chi connectivity index (χ0) is 10.3. The van der Waals surface area contributed by atoms with Crippen LogP contribution in [0.4, 0.5) is 8.78 Å². The summed E-state index contributed by atoms with van der Waals surface area (Å²) in [5.41, 5.74) is 0.127. The van der Waals surface area contributed by atoms with Gasteiger partial charge >= 0.3 is 0 Å². The van der Waals surface area contributed by atoms with Crippen LogP contribution in [0.1, 0.15) is 23.7 Å². The molecule has 0 fully saturated rings. The van der Waals surface area contributed by atoms with E-state index in [9.17, 15) is 13.6 Å². The number of hydrogen-bond donors (Lipinski definition) is 0. The SMILES string of the molecule is CC1CC(=O)c2ccc(F)c(F)c2O1. The van der Waals surface area contributed by atoms with Crippen molar-refractivity contribution in [1.82, 2.24) is 0 Å². The summed E-state index contributed by atoms with van der Waals surface area (Å²) in [7, 11) is 0. The Morgan fingerprint density at radius 3 is 2.86 bits per heavy atom. The second-order valence-electron chi connectivity index (χ2n) is 3.29. The van der Waals surface area contributed by atoms with E-state index in [1.165, 1.54) is 6.07 Å². The fourth-order valence-corrected chi connectivity index (χ4v) is 1.48. The summed E-state index contributed by atoms with van der Waals surface area (Å²) >= 11 is 0. The Kier molecular flexibility index (Phi) is 1.98. The first-order valence-corrected chi connectivity index (χ1v) is 4.27. The molecule has 0 saturated heterocycles. The summed E-state index contributed by atoms with van der Waals surface area (Å²) in [6.07, 6.45) is -0.191. The number of hydrogen-bond acceptors (Lipinski definition) is 2. The van der Waals surface area contributed by atoms with Crippen molar-refractivity contribution in [2.75, 3.05) is 0 Å². The van der Waals surface area contributed by atoms with Gasteiger partial charge in [-0.1, -0.05) is 0 Å². The normalized spacial score (nSPS) is 20.2. The van der Waals surface area contributed by atoms with Crippen molar-refractivity contribution in [3.63, 3.8) is 0 Å². The van der Waals surface area contributed by atoms with Crippen molar-refractivity contribution in [2.45, 2.75) is 19.4 Å². The van der Waals surface area contributed by atoms with Crippen molar-refractivity contribution < 1.29 is 18.3 Å². The molecule has 2 nitrogen and oxygen atoms in total. The molecular weight excluding hydrogens is 190 g/mol. The molecule has 4 heteroatoms. The molecule has 74 valence electrons. The number of benzene rings is 1. The number of ether oxygens (including phenoxy) is 1. The molecule has 0 spiro atoms. The maximum absolute atomic E-state index is 13.2. The van der Waals surface area contributed by atoms with Gasteiger partial charge in [0, 0.05) is 6.42 Å². The lowest BCUT2D eigenvalue weighted by molar-refractivity contribution is 0.0860. The van der Waals surface area contributed by atoms with Gasteiger partial charge in [0.2, 0.25) is 5.82 Å². The van der Waals surface area contributed by atoms with Gasteiger partial charge in [0.05, 0.1) is 5.56 Å². The molecule has 0 saturated carbocycles. The minimum Gasteiger partial charge on any atom is -0.486 e. The highest BCUT2D eigenvalue weighted by Crippen LogP contribution is 2.31. The predicted molar refractivity (Wildman–Crippen MR) is 45.4 cm³/mol. The molecule has 0 aromatic heterocycles. The Labute approximate surface area is 79.5 Å². The molecule has 1 atom stereocenters. The third-order valence-corrected chi connectivity index (χ3v) is 2.14. The molecule has 0 radical (unpaired) electrons. The van der Waals surface area contributed by atoms with Gasteiger partial charge in [0.15, 0.2) is 17.3 Å². The third-order valence-electron chi connectivity index (χ3n) is 2.14. The highest BCUT2D eigenvalue weighted by atomic mass is 19.2. The Hall–Kier alpha value is -1.45. The average Bonchev–Trinajstić information content (AvgIpc) is 2.12. The summed E-state index contributed by atoms with van der Waals surface area (Å²) in [6, 6.07) is 2.19. The highest BCUT2D eigenvalue weighted by Gasteiger charge is 2.27. The Bertz CT molecular complexity index is 401. The van der Waals surface area contributed by atoms with E-state index in [0.717, 1.165) is 6.07 Å². The lowest BCUT2D eigenvalue weighted by Gasteiger charge is -2.22. The van der Waals surface area contributed by atoms with Crippen LogP contribution >= 0.6 is 0 Å². The van der Waals surface area contributed by atoms with Crippen molar-refractivity contribution in [2.24, 2.45) is 0 Å². The molecule has 0 bridgehead atoms. The van der Waals surface area contributed by atoms with Crippen LogP contribution in [0.25, 0.3) is 0 Å². The molecule has 2 rings (SSSR count). The van der Waals surface area contributed by atoms with E-state index in [-0.39, 0.29) is 23.5 Å². The molecule has 1 heterocycles. The van der Waals surface area contributed by atoms with Crippen LogP contribution < -0.4 is 4.74 Å². The number of carbonyl (C=O) groups is 1. The number of halogens is 2. The van der Waals surface area contributed by atoms with Gasteiger partial charge < -0.3 is 4.74 Å². The first kappa shape index (κ1) is 9.12. The summed E-state index contributed by atoms with van der Waals surface area (Å²) in [5, 5.41) is 0. The fourth-order valence-electron chi connectivity index (χ4n) is 1.48. The van der Waals surface area contributed by atoms with Gasteiger partial charge in [-0.2, -0.15) is 4.39 Å². The Morgan fingerprint density at radius 2 is 2.14 bits per heavy atom. The zero-order valence-electron chi connectivity index (χ0n) is 7.51. The minimum absolute atomic E-state index is 0.127. The topological polar surface area (TPSA) is 26.3 Å². The molecule has 14 heavy (non-hydrogen) atoms. The summed E-state index contributed by atoms with van der Waals surface area (Å²) < 4.78 is 31.1. The number of Topliss-reactive ketones (excluding diaryl/α,β-unsaturated/α-hetero) is 1. The van der Waals surface area contributed by atoms with Crippen molar-refractivity contribution in [3.05, 3.63) is 29.3 Å². The van der Waals surface area contributed by atoms with Crippen LogP contribution in [0.5, 0.6) is 5.75 Å². The van der Waals surface area contributed by atoms with E-state index in [1.807, 2.05) is 0 Å². The summed E-state index contributed by atoms with van der Waals surface area (Å²) in [4.78, 5) is 11.4. The molecular formula is C10H8F2O2. The molecule has 1 aromatic rings. The van der Waals surface area contributed by atoms with Crippen LogP contribution in [-0.2, 0) is 0 Å². The minimum atomic E-state index is -1.08.